The van der Waals surface area contributed by atoms with Crippen molar-refractivity contribution in [3.63, 3.8) is 0 Å². The molecular formula is C21H27N5O. The molecular weight excluding hydrogens is 338 g/mol. The molecule has 6 nitrogen and oxygen atoms in total. The number of aromatic nitrogens is 4. The number of likely N-dealkylation sites (tertiary alicyclic amines) is 1. The minimum absolute atomic E-state index is 0.0105. The molecule has 1 fully saturated rings. The van der Waals surface area contributed by atoms with Crippen molar-refractivity contribution in [3.05, 3.63) is 46.5 Å². The normalized spacial score (nSPS) is 17.6. The van der Waals surface area contributed by atoms with Crippen LogP contribution in [0.5, 0.6) is 0 Å². The number of rotatable bonds is 3. The molecule has 0 saturated carbocycles. The van der Waals surface area contributed by atoms with E-state index in [4.69, 9.17) is 4.98 Å². The lowest BCUT2D eigenvalue weighted by molar-refractivity contribution is 0.0600. The fourth-order valence-electron chi connectivity index (χ4n) is 4.04. The molecule has 0 spiro atoms. The molecule has 1 aliphatic heterocycles. The summed E-state index contributed by atoms with van der Waals surface area (Å²) in [6.07, 6.45) is 4.78. The van der Waals surface area contributed by atoms with E-state index in [1.54, 1.807) is 6.20 Å². The van der Waals surface area contributed by atoms with Crippen molar-refractivity contribution in [1.82, 2.24) is 24.6 Å². The van der Waals surface area contributed by atoms with Crippen LogP contribution in [0, 0.1) is 20.8 Å². The summed E-state index contributed by atoms with van der Waals surface area (Å²) < 4.78 is 1.87. The Morgan fingerprint density at radius 3 is 2.74 bits per heavy atom. The first-order valence-electron chi connectivity index (χ1n) is 9.79. The zero-order valence-electron chi connectivity index (χ0n) is 16.5. The van der Waals surface area contributed by atoms with Crippen LogP contribution in [0.15, 0.2) is 18.3 Å². The van der Waals surface area contributed by atoms with Gasteiger partial charge in [0.1, 0.15) is 5.82 Å². The van der Waals surface area contributed by atoms with E-state index in [2.05, 4.69) is 36.1 Å². The quantitative estimate of drug-likeness (QED) is 0.761. The minimum Gasteiger partial charge on any atom is -0.340 e. The van der Waals surface area contributed by atoms with Gasteiger partial charge >= 0.3 is 0 Å². The number of benzene rings is 1. The number of aromatic amines is 1. The van der Waals surface area contributed by atoms with Gasteiger partial charge in [-0.05, 0) is 70.2 Å². The van der Waals surface area contributed by atoms with E-state index < -0.39 is 0 Å². The van der Waals surface area contributed by atoms with Gasteiger partial charge in [-0.3, -0.25) is 9.48 Å². The van der Waals surface area contributed by atoms with Crippen LogP contribution in [-0.2, 0) is 6.54 Å². The molecule has 142 valence electrons. The average molecular weight is 365 g/mol. The summed E-state index contributed by atoms with van der Waals surface area (Å²) in [6.45, 7) is 9.75. The standard InChI is InChI=1S/C21H27N5O/c1-5-26-15(4)16(12-22-26)21(27)25-9-7-6-8-19(25)20-23-17-10-13(2)14(3)11-18(17)24-20/h10-12,19H,5-9H2,1-4H3,(H,23,24). The smallest absolute Gasteiger partial charge is 0.257 e. The van der Waals surface area contributed by atoms with Crippen molar-refractivity contribution in [2.75, 3.05) is 6.54 Å². The van der Waals surface area contributed by atoms with Gasteiger partial charge in [-0.2, -0.15) is 5.10 Å². The first-order valence-corrected chi connectivity index (χ1v) is 9.79. The maximum absolute atomic E-state index is 13.3. The molecule has 1 N–H and O–H groups in total. The van der Waals surface area contributed by atoms with Crippen molar-refractivity contribution in [1.29, 1.82) is 0 Å². The van der Waals surface area contributed by atoms with E-state index in [-0.39, 0.29) is 11.9 Å². The molecule has 1 aromatic carbocycles. The number of hydrogen-bond acceptors (Lipinski definition) is 3. The van der Waals surface area contributed by atoms with Gasteiger partial charge in [-0.25, -0.2) is 4.98 Å². The Morgan fingerprint density at radius 1 is 1.22 bits per heavy atom. The Hall–Kier alpha value is -2.63. The molecule has 1 saturated heterocycles. The Labute approximate surface area is 159 Å². The summed E-state index contributed by atoms with van der Waals surface area (Å²) in [5.74, 6) is 0.952. The maximum Gasteiger partial charge on any atom is 0.257 e. The summed E-state index contributed by atoms with van der Waals surface area (Å²) in [5.41, 5.74) is 6.13. The molecule has 3 aromatic rings. The molecule has 0 bridgehead atoms. The molecule has 1 unspecified atom stereocenters. The van der Waals surface area contributed by atoms with Crippen LogP contribution in [0.2, 0.25) is 0 Å². The summed E-state index contributed by atoms with van der Waals surface area (Å²) >= 11 is 0. The highest BCUT2D eigenvalue weighted by Crippen LogP contribution is 2.32. The first kappa shape index (κ1) is 17.8. The number of carbonyl (C=O) groups excluding carboxylic acids is 1. The Balaban J connectivity index is 1.70. The van der Waals surface area contributed by atoms with Crippen molar-refractivity contribution < 1.29 is 4.79 Å². The number of amides is 1. The van der Waals surface area contributed by atoms with Gasteiger partial charge in [-0.15, -0.1) is 0 Å². The van der Waals surface area contributed by atoms with Crippen molar-refractivity contribution in [2.45, 2.75) is 59.5 Å². The molecule has 27 heavy (non-hydrogen) atoms. The summed E-state index contributed by atoms with van der Waals surface area (Å²) in [4.78, 5) is 23.6. The lowest BCUT2D eigenvalue weighted by Crippen LogP contribution is -2.39. The lowest BCUT2D eigenvalue weighted by Gasteiger charge is -2.34. The molecule has 1 atom stereocenters. The van der Waals surface area contributed by atoms with Gasteiger partial charge in [-0.1, -0.05) is 0 Å². The van der Waals surface area contributed by atoms with Gasteiger partial charge in [0.05, 0.1) is 28.8 Å². The molecule has 3 heterocycles. The Bertz CT molecular complexity index is 961. The number of piperidine rings is 1. The molecule has 6 heteroatoms. The Kier molecular flexibility index (Phi) is 4.50. The predicted octanol–water partition coefficient (Wildman–Crippen LogP) is 4.07. The predicted molar refractivity (Wildman–Crippen MR) is 106 cm³/mol. The van der Waals surface area contributed by atoms with E-state index in [0.717, 1.165) is 54.9 Å². The van der Waals surface area contributed by atoms with Crippen LogP contribution in [0.3, 0.4) is 0 Å². The third-order valence-electron chi connectivity index (χ3n) is 5.83. The SMILES string of the molecule is CCn1ncc(C(=O)N2CCCCC2c2nc3cc(C)c(C)cc3[nH]2)c1C. The van der Waals surface area contributed by atoms with Crippen LogP contribution in [0.1, 0.15) is 65.2 Å². The number of aryl methyl sites for hydroxylation is 3. The van der Waals surface area contributed by atoms with Crippen LogP contribution in [0.25, 0.3) is 11.0 Å². The highest BCUT2D eigenvalue weighted by atomic mass is 16.2. The second kappa shape index (κ2) is 6.83. The fraction of sp³-hybridized carbons (Fsp3) is 0.476. The van der Waals surface area contributed by atoms with E-state index in [0.29, 0.717) is 5.56 Å². The second-order valence-corrected chi connectivity index (χ2v) is 7.55. The largest absolute Gasteiger partial charge is 0.340 e. The highest BCUT2D eigenvalue weighted by molar-refractivity contribution is 5.95. The second-order valence-electron chi connectivity index (χ2n) is 7.55. The number of imidazole rings is 1. The maximum atomic E-state index is 13.3. The molecule has 2 aromatic heterocycles. The zero-order chi connectivity index (χ0) is 19.1. The first-order chi connectivity index (χ1) is 13.0. The summed E-state index contributed by atoms with van der Waals surface area (Å²) in [5, 5.41) is 4.35. The van der Waals surface area contributed by atoms with Gasteiger partial charge in [0, 0.05) is 18.8 Å². The van der Waals surface area contributed by atoms with Crippen LogP contribution >= 0.6 is 0 Å². The van der Waals surface area contributed by atoms with E-state index in [9.17, 15) is 4.79 Å². The van der Waals surface area contributed by atoms with E-state index in [1.807, 2.05) is 23.4 Å². The van der Waals surface area contributed by atoms with E-state index >= 15 is 0 Å². The van der Waals surface area contributed by atoms with Crippen LogP contribution in [-0.4, -0.2) is 37.1 Å². The molecule has 1 amide bonds. The molecule has 0 aliphatic carbocycles. The average Bonchev–Trinajstić information content (AvgIpc) is 3.24. The van der Waals surface area contributed by atoms with Crippen LogP contribution < -0.4 is 0 Å². The minimum atomic E-state index is -0.0105. The van der Waals surface area contributed by atoms with Gasteiger partial charge in [0.2, 0.25) is 0 Å². The number of carbonyl (C=O) groups is 1. The highest BCUT2D eigenvalue weighted by Gasteiger charge is 2.32. The van der Waals surface area contributed by atoms with Gasteiger partial charge in [0.15, 0.2) is 0 Å². The topological polar surface area (TPSA) is 66.8 Å². The summed E-state index contributed by atoms with van der Waals surface area (Å²) in [6, 6.07) is 4.25. The third-order valence-corrected chi connectivity index (χ3v) is 5.83. The van der Waals surface area contributed by atoms with E-state index in [1.165, 1.54) is 11.1 Å². The number of H-pyrrole nitrogens is 1. The molecule has 1 aliphatic rings. The van der Waals surface area contributed by atoms with Crippen molar-refractivity contribution >= 4 is 16.9 Å². The third kappa shape index (κ3) is 3.03. The van der Waals surface area contributed by atoms with Crippen molar-refractivity contribution in [2.24, 2.45) is 0 Å². The number of fused-ring (bicyclic) bond motifs is 1. The van der Waals surface area contributed by atoms with Crippen LogP contribution in [0.4, 0.5) is 0 Å². The Morgan fingerprint density at radius 2 is 2.00 bits per heavy atom. The number of nitrogens with one attached hydrogen (secondary N) is 1. The molecule has 4 rings (SSSR count). The molecule has 0 radical (unpaired) electrons. The monoisotopic (exact) mass is 365 g/mol. The number of nitrogens with zero attached hydrogens (tertiary/aromatic N) is 4. The van der Waals surface area contributed by atoms with Gasteiger partial charge < -0.3 is 9.88 Å². The number of hydrogen-bond donors (Lipinski definition) is 1. The zero-order valence-corrected chi connectivity index (χ0v) is 16.5. The lowest BCUT2D eigenvalue weighted by atomic mass is 10.0. The summed E-state index contributed by atoms with van der Waals surface area (Å²) in [7, 11) is 0. The van der Waals surface area contributed by atoms with Gasteiger partial charge in [0.25, 0.3) is 5.91 Å². The fourth-order valence-corrected chi connectivity index (χ4v) is 4.04. The van der Waals surface area contributed by atoms with Crippen molar-refractivity contribution in [3.8, 4) is 0 Å².